The number of nitrogens with zero attached hydrogens (tertiary/aromatic N) is 1. The first kappa shape index (κ1) is 12.6. The minimum atomic E-state index is 0.179. The molecule has 1 saturated carbocycles. The SMILES string of the molecule is Cc1noc(C)c1COC1CCCCCC1N. The van der Waals surface area contributed by atoms with E-state index in [-0.39, 0.29) is 12.1 Å². The van der Waals surface area contributed by atoms with Crippen LogP contribution in [0.3, 0.4) is 0 Å². The van der Waals surface area contributed by atoms with Crippen LogP contribution in [0.5, 0.6) is 0 Å². The molecule has 0 amide bonds. The highest BCUT2D eigenvalue weighted by atomic mass is 16.5. The molecule has 0 aliphatic heterocycles. The Morgan fingerprint density at radius 1 is 1.29 bits per heavy atom. The standard InChI is InChI=1S/C13H22N2O2/c1-9-11(10(2)17-15-9)8-16-13-7-5-3-4-6-12(13)14/h12-13H,3-8,14H2,1-2H3. The molecule has 0 saturated heterocycles. The Kier molecular flexibility index (Phi) is 4.18. The molecule has 2 rings (SSSR count). The Morgan fingerprint density at radius 2 is 2.06 bits per heavy atom. The van der Waals surface area contributed by atoms with E-state index in [1.807, 2.05) is 13.8 Å². The first-order chi connectivity index (χ1) is 8.18. The second-order valence-corrected chi connectivity index (χ2v) is 4.95. The van der Waals surface area contributed by atoms with Crippen LogP contribution >= 0.6 is 0 Å². The van der Waals surface area contributed by atoms with Crippen molar-refractivity contribution in [1.29, 1.82) is 0 Å². The van der Waals surface area contributed by atoms with Crippen molar-refractivity contribution in [3.63, 3.8) is 0 Å². The highest BCUT2D eigenvalue weighted by Crippen LogP contribution is 2.22. The van der Waals surface area contributed by atoms with Gasteiger partial charge in [-0.15, -0.1) is 0 Å². The van der Waals surface area contributed by atoms with Gasteiger partial charge in [0.2, 0.25) is 0 Å². The minimum absolute atomic E-state index is 0.179. The topological polar surface area (TPSA) is 61.3 Å². The average molecular weight is 238 g/mol. The van der Waals surface area contributed by atoms with E-state index in [1.54, 1.807) is 0 Å². The van der Waals surface area contributed by atoms with Crippen molar-refractivity contribution < 1.29 is 9.26 Å². The first-order valence-electron chi connectivity index (χ1n) is 6.47. The summed E-state index contributed by atoms with van der Waals surface area (Å²) < 4.78 is 11.1. The van der Waals surface area contributed by atoms with Gasteiger partial charge in [0.15, 0.2) is 0 Å². The average Bonchev–Trinajstić information content (AvgIpc) is 2.52. The van der Waals surface area contributed by atoms with E-state index in [2.05, 4.69) is 5.16 Å². The van der Waals surface area contributed by atoms with Crippen LogP contribution in [-0.4, -0.2) is 17.3 Å². The van der Waals surface area contributed by atoms with Crippen LogP contribution in [0, 0.1) is 13.8 Å². The molecule has 0 spiro atoms. The Hall–Kier alpha value is -0.870. The van der Waals surface area contributed by atoms with Gasteiger partial charge in [-0.25, -0.2) is 0 Å². The fraction of sp³-hybridized carbons (Fsp3) is 0.769. The van der Waals surface area contributed by atoms with Crippen molar-refractivity contribution in [3.05, 3.63) is 17.0 Å². The Morgan fingerprint density at radius 3 is 2.76 bits per heavy atom. The van der Waals surface area contributed by atoms with E-state index in [0.717, 1.165) is 29.9 Å². The predicted molar refractivity (Wildman–Crippen MR) is 65.6 cm³/mol. The molecule has 2 N–H and O–H groups in total. The molecule has 4 heteroatoms. The maximum absolute atomic E-state index is 6.13. The summed E-state index contributed by atoms with van der Waals surface area (Å²) in [4.78, 5) is 0. The third kappa shape index (κ3) is 3.07. The Bertz CT molecular complexity index is 343. The zero-order valence-electron chi connectivity index (χ0n) is 10.7. The number of rotatable bonds is 3. The monoisotopic (exact) mass is 238 g/mol. The molecule has 1 aliphatic rings. The van der Waals surface area contributed by atoms with E-state index < -0.39 is 0 Å². The summed E-state index contributed by atoms with van der Waals surface area (Å²) in [6.07, 6.45) is 6.06. The number of hydrogen-bond donors (Lipinski definition) is 1. The zero-order valence-corrected chi connectivity index (χ0v) is 10.7. The Balaban J connectivity index is 1.92. The van der Waals surface area contributed by atoms with E-state index in [4.69, 9.17) is 15.0 Å². The third-order valence-corrected chi connectivity index (χ3v) is 3.63. The predicted octanol–water partition coefficient (Wildman–Crippen LogP) is 2.47. The van der Waals surface area contributed by atoms with Gasteiger partial charge < -0.3 is 15.0 Å². The van der Waals surface area contributed by atoms with Gasteiger partial charge in [0.1, 0.15) is 5.76 Å². The molecule has 4 nitrogen and oxygen atoms in total. The summed E-state index contributed by atoms with van der Waals surface area (Å²) in [6, 6.07) is 0.179. The lowest BCUT2D eigenvalue weighted by molar-refractivity contribution is 0.0187. The van der Waals surface area contributed by atoms with Crippen molar-refractivity contribution >= 4 is 0 Å². The molecular weight excluding hydrogens is 216 g/mol. The maximum atomic E-state index is 6.13. The van der Waals surface area contributed by atoms with Gasteiger partial charge in [0.05, 0.1) is 18.4 Å². The van der Waals surface area contributed by atoms with Crippen LogP contribution in [0.2, 0.25) is 0 Å². The molecule has 0 bridgehead atoms. The van der Waals surface area contributed by atoms with Gasteiger partial charge in [-0.1, -0.05) is 24.4 Å². The molecule has 1 heterocycles. The van der Waals surface area contributed by atoms with E-state index in [1.165, 1.54) is 19.3 Å². The van der Waals surface area contributed by atoms with Gasteiger partial charge in [0, 0.05) is 11.6 Å². The second kappa shape index (κ2) is 5.65. The normalized spacial score (nSPS) is 25.8. The van der Waals surface area contributed by atoms with Crippen molar-refractivity contribution in [3.8, 4) is 0 Å². The van der Waals surface area contributed by atoms with E-state index >= 15 is 0 Å². The molecule has 0 radical (unpaired) electrons. The van der Waals surface area contributed by atoms with Crippen LogP contribution in [0.25, 0.3) is 0 Å². The lowest BCUT2D eigenvalue weighted by atomic mass is 10.1. The molecule has 0 aromatic carbocycles. The number of ether oxygens (including phenoxy) is 1. The Labute approximate surface area is 102 Å². The van der Waals surface area contributed by atoms with Crippen LogP contribution in [0.1, 0.15) is 49.1 Å². The second-order valence-electron chi connectivity index (χ2n) is 4.95. The summed E-state index contributed by atoms with van der Waals surface area (Å²) in [5.74, 6) is 0.852. The highest BCUT2D eigenvalue weighted by Gasteiger charge is 2.22. The minimum Gasteiger partial charge on any atom is -0.372 e. The highest BCUT2D eigenvalue weighted by molar-refractivity contribution is 5.19. The van der Waals surface area contributed by atoms with Crippen LogP contribution in [-0.2, 0) is 11.3 Å². The summed E-state index contributed by atoms with van der Waals surface area (Å²) in [7, 11) is 0. The number of hydrogen-bond acceptors (Lipinski definition) is 4. The number of nitrogens with two attached hydrogens (primary N) is 1. The first-order valence-corrected chi connectivity index (χ1v) is 6.47. The third-order valence-electron chi connectivity index (χ3n) is 3.63. The van der Waals surface area contributed by atoms with Gasteiger partial charge in [0.25, 0.3) is 0 Å². The van der Waals surface area contributed by atoms with Crippen LogP contribution < -0.4 is 5.73 Å². The maximum Gasteiger partial charge on any atom is 0.139 e. The largest absolute Gasteiger partial charge is 0.372 e. The zero-order chi connectivity index (χ0) is 12.3. The molecule has 1 aromatic rings. The van der Waals surface area contributed by atoms with Crippen molar-refractivity contribution in [2.75, 3.05) is 0 Å². The molecule has 1 fully saturated rings. The summed E-state index contributed by atoms with van der Waals surface area (Å²) in [5, 5.41) is 3.93. The summed E-state index contributed by atoms with van der Waals surface area (Å²) >= 11 is 0. The number of aryl methyl sites for hydroxylation is 2. The van der Waals surface area contributed by atoms with E-state index in [0.29, 0.717) is 6.61 Å². The molecule has 1 aliphatic carbocycles. The summed E-state index contributed by atoms with van der Waals surface area (Å²) in [6.45, 7) is 4.44. The molecular formula is C13H22N2O2. The van der Waals surface area contributed by atoms with Crippen molar-refractivity contribution in [2.24, 2.45) is 5.73 Å². The van der Waals surface area contributed by atoms with Crippen molar-refractivity contribution in [1.82, 2.24) is 5.16 Å². The van der Waals surface area contributed by atoms with Gasteiger partial charge >= 0.3 is 0 Å². The van der Waals surface area contributed by atoms with E-state index in [9.17, 15) is 0 Å². The molecule has 17 heavy (non-hydrogen) atoms. The van der Waals surface area contributed by atoms with Gasteiger partial charge in [-0.2, -0.15) is 0 Å². The van der Waals surface area contributed by atoms with Crippen LogP contribution in [0.15, 0.2) is 4.52 Å². The fourth-order valence-corrected chi connectivity index (χ4v) is 2.41. The lowest BCUT2D eigenvalue weighted by Crippen LogP contribution is -2.35. The van der Waals surface area contributed by atoms with Crippen molar-refractivity contribution in [2.45, 2.75) is 64.7 Å². The molecule has 2 unspecified atom stereocenters. The van der Waals surface area contributed by atoms with Gasteiger partial charge in [-0.3, -0.25) is 0 Å². The van der Waals surface area contributed by atoms with Crippen LogP contribution in [0.4, 0.5) is 0 Å². The molecule has 2 atom stereocenters. The smallest absolute Gasteiger partial charge is 0.139 e. The summed E-state index contributed by atoms with van der Waals surface area (Å²) in [5.41, 5.74) is 8.12. The molecule has 1 aromatic heterocycles. The van der Waals surface area contributed by atoms with Gasteiger partial charge in [-0.05, 0) is 26.7 Å². The lowest BCUT2D eigenvalue weighted by Gasteiger charge is -2.21. The molecule has 96 valence electrons. The fourth-order valence-electron chi connectivity index (χ4n) is 2.41. The quantitative estimate of drug-likeness (QED) is 0.822. The number of aromatic nitrogens is 1.